The maximum Gasteiger partial charge on any atom is 0.123 e. The molecule has 0 aromatic heterocycles. The van der Waals surface area contributed by atoms with E-state index in [-0.39, 0.29) is 5.50 Å². The zero-order chi connectivity index (χ0) is 9.97. The van der Waals surface area contributed by atoms with Crippen LogP contribution in [0.2, 0.25) is 0 Å². The van der Waals surface area contributed by atoms with Crippen molar-refractivity contribution in [2.45, 2.75) is 5.50 Å². The molecule has 1 unspecified atom stereocenters. The van der Waals surface area contributed by atoms with Crippen LogP contribution >= 0.6 is 11.6 Å². The number of benzene rings is 1. The monoisotopic (exact) mass is 205 g/mol. The van der Waals surface area contributed by atoms with Gasteiger partial charge in [0.05, 0.1) is 0 Å². The molecule has 1 aromatic rings. The number of likely N-dealkylation sites (N-methyl/N-ethyl adjacent to an activating group) is 1. The molecule has 1 aliphatic heterocycles. The minimum Gasteiger partial charge on any atom is -0.361 e. The van der Waals surface area contributed by atoms with Gasteiger partial charge >= 0.3 is 0 Å². The lowest BCUT2D eigenvalue weighted by atomic mass is 10.0. The van der Waals surface area contributed by atoms with E-state index in [2.05, 4.69) is 24.3 Å². The Labute approximate surface area is 89.3 Å². The third-order valence-corrected chi connectivity index (χ3v) is 2.74. The van der Waals surface area contributed by atoms with Gasteiger partial charge in [-0.25, -0.2) is 0 Å². The topological polar surface area (TPSA) is 3.24 Å². The number of hydrogen-bond acceptors (Lipinski definition) is 1. The van der Waals surface area contributed by atoms with Crippen LogP contribution in [0.3, 0.4) is 0 Å². The minimum absolute atomic E-state index is 0.0461. The van der Waals surface area contributed by atoms with Gasteiger partial charge in [0.25, 0.3) is 0 Å². The van der Waals surface area contributed by atoms with Crippen LogP contribution < -0.4 is 0 Å². The zero-order valence-electron chi connectivity index (χ0n) is 8.02. The summed E-state index contributed by atoms with van der Waals surface area (Å²) in [5.74, 6) is 0. The summed E-state index contributed by atoms with van der Waals surface area (Å²) in [5, 5.41) is 0. The molecule has 1 atom stereocenters. The van der Waals surface area contributed by atoms with Crippen LogP contribution in [0.25, 0.3) is 5.57 Å². The lowest BCUT2D eigenvalue weighted by Gasteiger charge is -2.23. The standard InChI is InChI=1S/C12H12ClN/c1-14-8-7-11(9-12(14)13)10-5-3-2-4-6-10/h2-9,12H,1H3. The molecule has 0 N–H and O–H groups in total. The molecule has 14 heavy (non-hydrogen) atoms. The van der Waals surface area contributed by atoms with Gasteiger partial charge in [0.2, 0.25) is 0 Å². The second-order valence-electron chi connectivity index (χ2n) is 3.34. The zero-order valence-corrected chi connectivity index (χ0v) is 8.78. The Kier molecular flexibility index (Phi) is 2.60. The Morgan fingerprint density at radius 2 is 1.93 bits per heavy atom. The summed E-state index contributed by atoms with van der Waals surface area (Å²) in [6.45, 7) is 0. The van der Waals surface area contributed by atoms with Gasteiger partial charge in [0, 0.05) is 13.2 Å². The summed E-state index contributed by atoms with van der Waals surface area (Å²) >= 11 is 6.11. The molecule has 0 saturated heterocycles. The molecule has 1 aliphatic rings. The molecule has 0 aliphatic carbocycles. The molecule has 72 valence electrons. The first-order chi connectivity index (χ1) is 6.77. The average molecular weight is 206 g/mol. The van der Waals surface area contributed by atoms with Crippen molar-refractivity contribution >= 4 is 17.2 Å². The van der Waals surface area contributed by atoms with Crippen molar-refractivity contribution < 1.29 is 0 Å². The van der Waals surface area contributed by atoms with E-state index in [1.54, 1.807) is 0 Å². The Morgan fingerprint density at radius 1 is 1.21 bits per heavy atom. The van der Waals surface area contributed by atoms with E-state index in [0.29, 0.717) is 0 Å². The normalized spacial score (nSPS) is 20.9. The Balaban J connectivity index is 2.30. The van der Waals surface area contributed by atoms with E-state index >= 15 is 0 Å². The fourth-order valence-corrected chi connectivity index (χ4v) is 1.63. The van der Waals surface area contributed by atoms with Crippen LogP contribution in [0.1, 0.15) is 5.56 Å². The lowest BCUT2D eigenvalue weighted by Crippen LogP contribution is -2.21. The van der Waals surface area contributed by atoms with E-state index < -0.39 is 0 Å². The highest BCUT2D eigenvalue weighted by molar-refractivity contribution is 6.22. The van der Waals surface area contributed by atoms with Gasteiger partial charge < -0.3 is 4.90 Å². The smallest absolute Gasteiger partial charge is 0.123 e. The first-order valence-electron chi connectivity index (χ1n) is 4.59. The molecule has 0 spiro atoms. The molecule has 2 rings (SSSR count). The first-order valence-corrected chi connectivity index (χ1v) is 5.02. The van der Waals surface area contributed by atoms with Gasteiger partial charge in [0.15, 0.2) is 0 Å². The highest BCUT2D eigenvalue weighted by atomic mass is 35.5. The molecule has 1 aromatic carbocycles. The molecular weight excluding hydrogens is 194 g/mol. The maximum atomic E-state index is 6.11. The summed E-state index contributed by atoms with van der Waals surface area (Å²) < 4.78 is 0. The fourth-order valence-electron chi connectivity index (χ4n) is 1.42. The molecule has 0 fully saturated rings. The summed E-state index contributed by atoms with van der Waals surface area (Å²) in [4.78, 5) is 1.97. The predicted molar refractivity (Wildman–Crippen MR) is 61.0 cm³/mol. The van der Waals surface area contributed by atoms with Crippen LogP contribution in [0.5, 0.6) is 0 Å². The average Bonchev–Trinajstić information content (AvgIpc) is 2.23. The second kappa shape index (κ2) is 3.89. The Bertz CT molecular complexity index is 367. The highest BCUT2D eigenvalue weighted by Crippen LogP contribution is 2.23. The lowest BCUT2D eigenvalue weighted by molar-refractivity contribution is 0.468. The first kappa shape index (κ1) is 9.35. The largest absolute Gasteiger partial charge is 0.361 e. The molecule has 1 heterocycles. The van der Waals surface area contributed by atoms with Crippen LogP contribution in [-0.4, -0.2) is 17.4 Å². The SMILES string of the molecule is CN1C=CC(c2ccccc2)=CC1Cl. The second-order valence-corrected chi connectivity index (χ2v) is 3.79. The van der Waals surface area contributed by atoms with Gasteiger partial charge in [-0.05, 0) is 23.3 Å². The van der Waals surface area contributed by atoms with Crippen molar-refractivity contribution in [1.29, 1.82) is 0 Å². The number of rotatable bonds is 1. The molecule has 0 radical (unpaired) electrons. The summed E-state index contributed by atoms with van der Waals surface area (Å²) in [5.41, 5.74) is 2.35. The summed E-state index contributed by atoms with van der Waals surface area (Å²) in [7, 11) is 1.96. The minimum atomic E-state index is -0.0461. The summed E-state index contributed by atoms with van der Waals surface area (Å²) in [6.07, 6.45) is 6.13. The van der Waals surface area contributed by atoms with Gasteiger partial charge in [-0.2, -0.15) is 0 Å². The quantitative estimate of drug-likeness (QED) is 0.503. The third-order valence-electron chi connectivity index (χ3n) is 2.30. The van der Waals surface area contributed by atoms with E-state index in [9.17, 15) is 0 Å². The summed E-state index contributed by atoms with van der Waals surface area (Å²) in [6, 6.07) is 10.3. The van der Waals surface area contributed by atoms with Gasteiger partial charge in [-0.3, -0.25) is 0 Å². The van der Waals surface area contributed by atoms with Gasteiger partial charge in [0.1, 0.15) is 5.50 Å². The highest BCUT2D eigenvalue weighted by Gasteiger charge is 2.10. The van der Waals surface area contributed by atoms with Crippen LogP contribution in [-0.2, 0) is 0 Å². The molecular formula is C12H12ClN. The number of nitrogens with zero attached hydrogens (tertiary/aromatic N) is 1. The van der Waals surface area contributed by atoms with Gasteiger partial charge in [-0.15, -0.1) is 0 Å². The van der Waals surface area contributed by atoms with Crippen molar-refractivity contribution in [1.82, 2.24) is 4.90 Å². The Hall–Kier alpha value is -1.21. The van der Waals surface area contributed by atoms with E-state index in [4.69, 9.17) is 11.6 Å². The number of allylic oxidation sites excluding steroid dienone is 2. The third kappa shape index (κ3) is 1.83. The van der Waals surface area contributed by atoms with E-state index in [0.717, 1.165) is 0 Å². The fraction of sp³-hybridized carbons (Fsp3) is 0.167. The van der Waals surface area contributed by atoms with Crippen molar-refractivity contribution in [2.24, 2.45) is 0 Å². The van der Waals surface area contributed by atoms with E-state index in [1.165, 1.54) is 11.1 Å². The predicted octanol–water partition coefficient (Wildman–Crippen LogP) is 3.09. The van der Waals surface area contributed by atoms with Crippen molar-refractivity contribution in [2.75, 3.05) is 7.05 Å². The number of hydrogen-bond donors (Lipinski definition) is 0. The van der Waals surface area contributed by atoms with Crippen LogP contribution in [0.4, 0.5) is 0 Å². The molecule has 0 saturated carbocycles. The van der Waals surface area contributed by atoms with E-state index in [1.807, 2.05) is 36.3 Å². The number of halogens is 1. The van der Waals surface area contributed by atoms with Crippen LogP contribution in [0.15, 0.2) is 48.7 Å². The molecule has 1 nitrogen and oxygen atoms in total. The maximum absolute atomic E-state index is 6.11. The van der Waals surface area contributed by atoms with Crippen LogP contribution in [0, 0.1) is 0 Å². The Morgan fingerprint density at radius 3 is 2.57 bits per heavy atom. The van der Waals surface area contributed by atoms with Gasteiger partial charge in [-0.1, -0.05) is 41.9 Å². The molecule has 2 heteroatoms. The van der Waals surface area contributed by atoms with Crippen molar-refractivity contribution in [3.05, 3.63) is 54.2 Å². The molecule has 0 bridgehead atoms. The van der Waals surface area contributed by atoms with Crippen molar-refractivity contribution in [3.8, 4) is 0 Å². The molecule has 0 amide bonds. The number of alkyl halides is 1. The van der Waals surface area contributed by atoms with Crippen molar-refractivity contribution in [3.63, 3.8) is 0 Å².